The summed E-state index contributed by atoms with van der Waals surface area (Å²) in [5.41, 5.74) is 7.90. The van der Waals surface area contributed by atoms with Gasteiger partial charge in [0.25, 0.3) is 17.7 Å². The third-order valence-corrected chi connectivity index (χ3v) is 12.0. The van der Waals surface area contributed by atoms with E-state index in [0.717, 1.165) is 52.3 Å². The van der Waals surface area contributed by atoms with Crippen LogP contribution in [0.1, 0.15) is 139 Å². The maximum absolute atomic E-state index is 13.9. The van der Waals surface area contributed by atoms with Gasteiger partial charge in [0.2, 0.25) is 0 Å². The van der Waals surface area contributed by atoms with E-state index in [9.17, 15) is 14.4 Å². The van der Waals surface area contributed by atoms with E-state index in [2.05, 4.69) is 43.3 Å². The molecule has 2 aliphatic rings. The number of ether oxygens (including phenoxy) is 1. The van der Waals surface area contributed by atoms with Gasteiger partial charge in [0.15, 0.2) is 0 Å². The summed E-state index contributed by atoms with van der Waals surface area (Å²) in [7, 11) is 1.78. The number of anilines is 2. The summed E-state index contributed by atoms with van der Waals surface area (Å²) in [6.45, 7) is 18.1. The van der Waals surface area contributed by atoms with Gasteiger partial charge in [-0.15, -0.1) is 11.3 Å². The molecule has 1 saturated carbocycles. The van der Waals surface area contributed by atoms with Crippen molar-refractivity contribution < 1.29 is 19.1 Å². The third kappa shape index (κ3) is 11.0. The second-order valence-corrected chi connectivity index (χ2v) is 15.3. The van der Waals surface area contributed by atoms with Gasteiger partial charge >= 0.3 is 0 Å². The highest BCUT2D eigenvalue weighted by Crippen LogP contribution is 2.40. The Morgan fingerprint density at radius 1 is 0.909 bits per heavy atom. The van der Waals surface area contributed by atoms with E-state index in [0.29, 0.717) is 51.8 Å². The molecule has 55 heavy (non-hydrogen) atoms. The van der Waals surface area contributed by atoms with Crippen LogP contribution in [0.4, 0.5) is 11.4 Å². The van der Waals surface area contributed by atoms with Gasteiger partial charge in [0, 0.05) is 59.9 Å². The minimum Gasteiger partial charge on any atom is -0.385 e. The Hall–Kier alpha value is -4.60. The second-order valence-electron chi connectivity index (χ2n) is 14.2. The number of hydrogen-bond acceptors (Lipinski definition) is 6. The number of pyridine rings is 1. The average molecular weight is 765 g/mol. The highest BCUT2D eigenvalue weighted by molar-refractivity contribution is 7.15. The highest BCUT2D eigenvalue weighted by atomic mass is 32.1. The van der Waals surface area contributed by atoms with Crippen molar-refractivity contribution in [1.29, 1.82) is 0 Å². The maximum atomic E-state index is 13.9. The molecule has 0 saturated heterocycles. The Morgan fingerprint density at radius 3 is 2.22 bits per heavy atom. The van der Waals surface area contributed by atoms with Crippen molar-refractivity contribution in [3.8, 4) is 0 Å². The minimum atomic E-state index is -0.236. The summed E-state index contributed by atoms with van der Waals surface area (Å²) in [4.78, 5) is 47.2. The minimum absolute atomic E-state index is 0.0110. The molecule has 0 radical (unpaired) electrons. The lowest BCUT2D eigenvalue weighted by atomic mass is 9.77. The largest absolute Gasteiger partial charge is 0.385 e. The Kier molecular flexibility index (Phi) is 16.0. The fourth-order valence-corrected chi connectivity index (χ4v) is 7.90. The van der Waals surface area contributed by atoms with Crippen LogP contribution < -0.4 is 15.5 Å². The van der Waals surface area contributed by atoms with Crippen molar-refractivity contribution in [3.63, 3.8) is 0 Å². The lowest BCUT2D eigenvalue weighted by Gasteiger charge is -2.29. The smallest absolute Gasteiger partial charge is 0.261 e. The first kappa shape index (κ1) is 43.1. The van der Waals surface area contributed by atoms with Gasteiger partial charge in [-0.3, -0.25) is 19.4 Å². The van der Waals surface area contributed by atoms with Crippen molar-refractivity contribution in [1.82, 2.24) is 10.3 Å². The summed E-state index contributed by atoms with van der Waals surface area (Å²) in [6.07, 6.45) is 9.56. The fourth-order valence-electron chi connectivity index (χ4n) is 6.86. The summed E-state index contributed by atoms with van der Waals surface area (Å²) >= 11 is 1.51. The number of aromatic nitrogens is 1. The van der Waals surface area contributed by atoms with Crippen LogP contribution in [0.2, 0.25) is 0 Å². The molecule has 0 atom stereocenters. The first-order chi connectivity index (χ1) is 26.5. The molecule has 0 unspecified atom stereocenters. The van der Waals surface area contributed by atoms with Gasteiger partial charge in [-0.05, 0) is 117 Å². The molecule has 9 heteroatoms. The monoisotopic (exact) mass is 764 g/mol. The number of carbonyl (C=O) groups excluding carboxylic acids is 3. The Bertz CT molecular complexity index is 1930. The number of benzene rings is 2. The standard InChI is InChI=1S/C34H32N4O3S.C10H22O.C2H6/c1-20-18-28(22(3)35-19-20)32(39)36-24-10-8-23(9-11-24)34(41)38-17-16-27(21(2)26-6-4-5-7-29(26)38)30-14-15-31(42-30)33(40)37-25-12-13-25;1-5-10(6-2,7-3)8-9-11-4;1-2/h4-11,14-15,18-19,25H,12-13,16-17H2,1-3H3,(H,36,39)(H,37,40);5-9H2,1-4H3;1-2H3. The topological polar surface area (TPSA) is 101 Å². The molecule has 1 fully saturated rings. The van der Waals surface area contributed by atoms with E-state index in [4.69, 9.17) is 4.74 Å². The lowest BCUT2D eigenvalue weighted by molar-refractivity contribution is 0.0952. The molecule has 0 bridgehead atoms. The predicted molar refractivity (Wildman–Crippen MR) is 229 cm³/mol. The van der Waals surface area contributed by atoms with Crippen LogP contribution in [0.15, 0.2) is 72.9 Å². The molecule has 0 spiro atoms. The molecule has 2 aromatic heterocycles. The van der Waals surface area contributed by atoms with E-state index in [1.165, 1.54) is 37.0 Å². The number of thiophene rings is 1. The number of nitrogens with one attached hydrogen (secondary N) is 2. The molecule has 294 valence electrons. The van der Waals surface area contributed by atoms with Crippen LogP contribution in [-0.4, -0.2) is 49.0 Å². The van der Waals surface area contributed by atoms with Crippen molar-refractivity contribution in [2.45, 2.75) is 106 Å². The van der Waals surface area contributed by atoms with Gasteiger partial charge in [0.05, 0.1) is 16.1 Å². The predicted octanol–water partition coefficient (Wildman–Crippen LogP) is 11.2. The zero-order valence-electron chi connectivity index (χ0n) is 34.3. The number of aryl methyl sites for hydroxylation is 2. The number of rotatable bonds is 12. The van der Waals surface area contributed by atoms with E-state index in [1.807, 2.05) is 68.1 Å². The summed E-state index contributed by atoms with van der Waals surface area (Å²) in [6, 6.07) is 21.0. The molecule has 2 N–H and O–H groups in total. The number of hydrogen-bond donors (Lipinski definition) is 2. The number of para-hydroxylation sites is 1. The molecule has 1 aliphatic heterocycles. The number of fused-ring (bicyclic) bond motifs is 1. The van der Waals surface area contributed by atoms with Gasteiger partial charge < -0.3 is 20.3 Å². The van der Waals surface area contributed by atoms with Crippen LogP contribution >= 0.6 is 11.3 Å². The average Bonchev–Trinajstić information content (AvgIpc) is 3.93. The summed E-state index contributed by atoms with van der Waals surface area (Å²) in [5, 5.41) is 5.98. The van der Waals surface area contributed by atoms with Crippen LogP contribution in [0.3, 0.4) is 0 Å². The van der Waals surface area contributed by atoms with Crippen molar-refractivity contribution >= 4 is 51.6 Å². The molecule has 8 nitrogen and oxygen atoms in total. The Labute approximate surface area is 332 Å². The van der Waals surface area contributed by atoms with Gasteiger partial charge in [-0.25, -0.2) is 0 Å². The van der Waals surface area contributed by atoms with E-state index < -0.39 is 0 Å². The van der Waals surface area contributed by atoms with Crippen LogP contribution in [0.5, 0.6) is 0 Å². The summed E-state index contributed by atoms with van der Waals surface area (Å²) in [5.74, 6) is -0.355. The molecule has 6 rings (SSSR count). The second kappa shape index (κ2) is 20.4. The number of methoxy groups -OCH3 is 1. The van der Waals surface area contributed by atoms with Crippen molar-refractivity contribution in [2.24, 2.45) is 5.41 Å². The molecule has 2 aromatic carbocycles. The van der Waals surface area contributed by atoms with Crippen LogP contribution in [-0.2, 0) is 4.74 Å². The van der Waals surface area contributed by atoms with Gasteiger partial charge in [-0.1, -0.05) is 72.1 Å². The van der Waals surface area contributed by atoms with Crippen LogP contribution in [0, 0.1) is 19.3 Å². The SMILES string of the molecule is CC.CC1=C(c2ccc(C(=O)NC3CC3)s2)CCN(C(=O)c2ccc(NC(=O)c3cc(C)cnc3C)cc2)c2ccccc21.CCC(CC)(CC)CCOC. The fraction of sp³-hybridized carbons (Fsp3) is 0.435. The number of amides is 3. The molecule has 3 amide bonds. The summed E-state index contributed by atoms with van der Waals surface area (Å²) < 4.78 is 5.10. The zero-order chi connectivity index (χ0) is 40.1. The van der Waals surface area contributed by atoms with Crippen LogP contribution in [0.25, 0.3) is 11.1 Å². The molecule has 3 heterocycles. The van der Waals surface area contributed by atoms with Gasteiger partial charge in [0.1, 0.15) is 0 Å². The normalized spacial score (nSPS) is 13.7. The third-order valence-electron chi connectivity index (χ3n) is 10.9. The first-order valence-corrected chi connectivity index (χ1v) is 20.7. The van der Waals surface area contributed by atoms with E-state index in [1.54, 1.807) is 44.5 Å². The van der Waals surface area contributed by atoms with E-state index in [-0.39, 0.29) is 17.7 Å². The van der Waals surface area contributed by atoms with Crippen molar-refractivity contribution in [2.75, 3.05) is 30.5 Å². The van der Waals surface area contributed by atoms with E-state index >= 15 is 0 Å². The molecular formula is C46H60N4O4S. The number of allylic oxidation sites excluding steroid dienone is 1. The zero-order valence-corrected chi connectivity index (χ0v) is 35.1. The molecular weight excluding hydrogens is 705 g/mol. The Balaban J connectivity index is 0.000000448. The Morgan fingerprint density at radius 2 is 1.58 bits per heavy atom. The quantitative estimate of drug-likeness (QED) is 0.150. The number of nitrogens with zero attached hydrogens (tertiary/aromatic N) is 2. The first-order valence-electron chi connectivity index (χ1n) is 19.9. The number of carbonyl (C=O) groups is 3. The highest BCUT2D eigenvalue weighted by Gasteiger charge is 2.28. The molecule has 4 aromatic rings. The maximum Gasteiger partial charge on any atom is 0.261 e. The lowest BCUT2D eigenvalue weighted by Crippen LogP contribution is -2.32. The molecule has 1 aliphatic carbocycles. The van der Waals surface area contributed by atoms with Gasteiger partial charge in [-0.2, -0.15) is 0 Å². The van der Waals surface area contributed by atoms with Crippen molar-refractivity contribution in [3.05, 3.63) is 111 Å².